The van der Waals surface area contributed by atoms with Crippen molar-refractivity contribution >= 4 is 62.9 Å². The number of carbonyl (C=O) groups excluding carboxylic acids is 2. The van der Waals surface area contributed by atoms with Gasteiger partial charge >= 0.3 is 5.97 Å². The van der Waals surface area contributed by atoms with Gasteiger partial charge in [-0.1, -0.05) is 42.1 Å². The minimum atomic E-state index is -1.22. The van der Waals surface area contributed by atoms with Crippen LogP contribution in [0.3, 0.4) is 0 Å². The van der Waals surface area contributed by atoms with Crippen LogP contribution in [0.25, 0.3) is 10.2 Å². The van der Waals surface area contributed by atoms with E-state index < -0.39 is 23.3 Å². The summed E-state index contributed by atoms with van der Waals surface area (Å²) < 4.78 is 1.33. The van der Waals surface area contributed by atoms with E-state index in [9.17, 15) is 24.3 Å². The van der Waals surface area contributed by atoms with E-state index in [-0.39, 0.29) is 23.5 Å². The molecule has 1 aromatic carbocycles. The number of aromatic nitrogens is 1. The van der Waals surface area contributed by atoms with Crippen LogP contribution < -0.4 is 10.7 Å². The minimum absolute atomic E-state index is 0.0989. The Morgan fingerprint density at radius 1 is 1.18 bits per heavy atom. The van der Waals surface area contributed by atoms with Gasteiger partial charge in [-0.15, -0.1) is 23.1 Å². The number of hydrogen-bond acceptors (Lipinski definition) is 8. The van der Waals surface area contributed by atoms with Crippen molar-refractivity contribution in [3.63, 3.8) is 0 Å². The van der Waals surface area contributed by atoms with Crippen molar-refractivity contribution in [3.05, 3.63) is 81.1 Å². The third kappa shape index (κ3) is 4.22. The van der Waals surface area contributed by atoms with Crippen LogP contribution in [0.4, 0.5) is 0 Å². The van der Waals surface area contributed by atoms with Gasteiger partial charge in [0.2, 0.25) is 11.3 Å². The zero-order valence-corrected chi connectivity index (χ0v) is 19.9. The highest BCUT2D eigenvalue weighted by molar-refractivity contribution is 8.07. The molecule has 2 aliphatic heterocycles. The van der Waals surface area contributed by atoms with Crippen molar-refractivity contribution in [1.82, 2.24) is 15.2 Å². The summed E-state index contributed by atoms with van der Waals surface area (Å²) in [4.78, 5) is 55.6. The molecule has 0 radical (unpaired) electrons. The van der Waals surface area contributed by atoms with E-state index in [1.807, 2.05) is 30.3 Å². The number of fused-ring (bicyclic) bond motifs is 2. The monoisotopic (exact) mass is 511 g/mol. The molecule has 2 N–H and O–H groups in total. The first-order chi connectivity index (χ1) is 16.4. The molecule has 2 aliphatic rings. The van der Waals surface area contributed by atoms with Crippen LogP contribution >= 0.6 is 34.9 Å². The first kappa shape index (κ1) is 22.6. The number of carboxylic acid groups (broad SMARTS) is 1. The number of nitrogens with zero attached hydrogens (tertiary/aromatic N) is 2. The number of amides is 2. The highest BCUT2D eigenvalue weighted by Crippen LogP contribution is 2.46. The zero-order valence-electron chi connectivity index (χ0n) is 17.5. The molecule has 1 fully saturated rings. The number of benzene rings is 1. The minimum Gasteiger partial charge on any atom is -0.477 e. The van der Waals surface area contributed by atoms with Crippen LogP contribution in [0, 0.1) is 0 Å². The third-order valence-electron chi connectivity index (χ3n) is 5.35. The van der Waals surface area contributed by atoms with Gasteiger partial charge in [0.15, 0.2) is 0 Å². The van der Waals surface area contributed by atoms with E-state index in [1.165, 1.54) is 45.8 Å². The second-order valence-corrected chi connectivity index (χ2v) is 11.2. The Hall–Kier alpha value is -3.15. The summed E-state index contributed by atoms with van der Waals surface area (Å²) in [5.74, 6) is -1.62. The van der Waals surface area contributed by atoms with E-state index in [0.29, 0.717) is 25.1 Å². The molecule has 4 heterocycles. The molecular weight excluding hydrogens is 494 g/mol. The number of thioether (sulfide) groups is 2. The Balaban J connectivity index is 1.35. The lowest BCUT2D eigenvalue weighted by Gasteiger charge is -2.49. The van der Waals surface area contributed by atoms with Crippen molar-refractivity contribution in [2.75, 3.05) is 5.75 Å². The molecule has 2 aromatic heterocycles. The Bertz CT molecular complexity index is 1410. The van der Waals surface area contributed by atoms with Crippen molar-refractivity contribution < 1.29 is 19.5 Å². The molecule has 2 amide bonds. The summed E-state index contributed by atoms with van der Waals surface area (Å²) in [7, 11) is 0. The maximum Gasteiger partial charge on any atom is 0.353 e. The van der Waals surface area contributed by atoms with Crippen molar-refractivity contribution in [2.45, 2.75) is 22.0 Å². The number of pyridine rings is 1. The molecule has 3 aromatic rings. The van der Waals surface area contributed by atoms with Crippen LogP contribution in [-0.4, -0.2) is 49.9 Å². The fraction of sp³-hybridized carbons (Fsp3) is 0.174. The number of nitrogens with one attached hydrogen (secondary N) is 1. The lowest BCUT2D eigenvalue weighted by molar-refractivity contribution is -0.150. The maximum absolute atomic E-state index is 12.9. The molecule has 8 nitrogen and oxygen atoms in total. The van der Waals surface area contributed by atoms with Gasteiger partial charge in [-0.3, -0.25) is 24.3 Å². The lowest BCUT2D eigenvalue weighted by atomic mass is 10.0. The molecule has 0 aliphatic carbocycles. The standard InChI is InChI=1S/C23H17N3O5S3/c27-13-10-17(33-14-7-4-8-24-18(13)14)34-15-11-32-22-19(21(29)26(22)20(15)23(30)31)25-16(28)9-12-5-2-1-3-6-12/h1-8,10,19,22H,9,11H2,(H,25,28)(H,30,31)/t19?,22-/m1/s1. The molecule has 1 saturated heterocycles. The molecule has 2 atom stereocenters. The topological polar surface area (TPSA) is 117 Å². The highest BCUT2D eigenvalue weighted by atomic mass is 32.2. The van der Waals surface area contributed by atoms with Crippen LogP contribution in [-0.2, 0) is 20.8 Å². The van der Waals surface area contributed by atoms with Gasteiger partial charge in [0.1, 0.15) is 22.6 Å². The number of carboxylic acids is 1. The normalized spacial score (nSPS) is 19.5. The first-order valence-electron chi connectivity index (χ1n) is 10.2. The summed E-state index contributed by atoms with van der Waals surface area (Å²) in [5, 5.41) is 12.1. The summed E-state index contributed by atoms with van der Waals surface area (Å²) in [6, 6.07) is 13.4. The Kier molecular flexibility index (Phi) is 6.15. The average Bonchev–Trinajstić information content (AvgIpc) is 2.83. The highest BCUT2D eigenvalue weighted by Gasteiger charge is 2.54. The second kappa shape index (κ2) is 9.24. The first-order valence-corrected chi connectivity index (χ1v) is 12.9. The molecule has 34 heavy (non-hydrogen) atoms. The Morgan fingerprint density at radius 3 is 2.74 bits per heavy atom. The van der Waals surface area contributed by atoms with Crippen molar-refractivity contribution in [3.8, 4) is 0 Å². The van der Waals surface area contributed by atoms with Crippen LogP contribution in [0.1, 0.15) is 5.56 Å². The molecule has 0 saturated carbocycles. The Labute approximate surface area is 206 Å². The summed E-state index contributed by atoms with van der Waals surface area (Å²) in [6.45, 7) is 0. The van der Waals surface area contributed by atoms with Crippen molar-refractivity contribution in [2.24, 2.45) is 0 Å². The van der Waals surface area contributed by atoms with Gasteiger partial charge in [-0.05, 0) is 17.7 Å². The van der Waals surface area contributed by atoms with Gasteiger partial charge in [0.25, 0.3) is 5.91 Å². The molecule has 172 valence electrons. The van der Waals surface area contributed by atoms with Gasteiger partial charge in [-0.25, -0.2) is 4.79 Å². The van der Waals surface area contributed by atoms with Gasteiger partial charge in [-0.2, -0.15) is 0 Å². The van der Waals surface area contributed by atoms with Gasteiger partial charge < -0.3 is 10.4 Å². The van der Waals surface area contributed by atoms with Crippen LogP contribution in [0.5, 0.6) is 0 Å². The number of hydrogen-bond donors (Lipinski definition) is 2. The number of carbonyl (C=O) groups is 3. The van der Waals surface area contributed by atoms with Gasteiger partial charge in [0, 0.05) is 22.9 Å². The predicted octanol–water partition coefficient (Wildman–Crippen LogP) is 2.69. The number of rotatable bonds is 6. The number of β-lactam (4-membered cyclic amide) rings is 1. The lowest BCUT2D eigenvalue weighted by Crippen LogP contribution is -2.70. The largest absolute Gasteiger partial charge is 0.477 e. The fourth-order valence-corrected chi connectivity index (χ4v) is 7.66. The predicted molar refractivity (Wildman–Crippen MR) is 132 cm³/mol. The van der Waals surface area contributed by atoms with Gasteiger partial charge in [0.05, 0.1) is 15.3 Å². The second-order valence-electron chi connectivity index (χ2n) is 7.58. The fourth-order valence-electron chi connectivity index (χ4n) is 3.82. The molecule has 0 bridgehead atoms. The summed E-state index contributed by atoms with van der Waals surface area (Å²) in [5.41, 5.74) is 0.860. The van der Waals surface area contributed by atoms with Crippen LogP contribution in [0.2, 0.25) is 0 Å². The Morgan fingerprint density at radius 2 is 1.97 bits per heavy atom. The molecule has 5 rings (SSSR count). The van der Waals surface area contributed by atoms with E-state index in [1.54, 1.807) is 18.3 Å². The molecule has 11 heteroatoms. The quantitative estimate of drug-likeness (QED) is 0.485. The van der Waals surface area contributed by atoms with Crippen LogP contribution in [0.15, 0.2) is 74.3 Å². The summed E-state index contributed by atoms with van der Waals surface area (Å²) >= 11 is 3.91. The average molecular weight is 512 g/mol. The summed E-state index contributed by atoms with van der Waals surface area (Å²) in [6.07, 6.45) is 1.69. The SMILES string of the molecule is O=C(Cc1ccccc1)NC1C(=O)N2C(C(=O)O)=C(Sc3cc(=O)c4ncccc4s3)CS[C@H]12. The van der Waals surface area contributed by atoms with E-state index in [0.717, 1.165) is 5.56 Å². The smallest absolute Gasteiger partial charge is 0.353 e. The zero-order chi connectivity index (χ0) is 23.8. The third-order valence-corrected chi connectivity index (χ3v) is 9.08. The van der Waals surface area contributed by atoms with Crippen molar-refractivity contribution in [1.29, 1.82) is 0 Å². The molecule has 0 spiro atoms. The number of aliphatic carboxylic acids is 1. The molecular formula is C23H17N3O5S3. The van der Waals surface area contributed by atoms with E-state index >= 15 is 0 Å². The maximum atomic E-state index is 12.9. The molecule has 1 unspecified atom stereocenters. The van der Waals surface area contributed by atoms with E-state index in [4.69, 9.17) is 0 Å². The van der Waals surface area contributed by atoms with E-state index in [2.05, 4.69) is 10.3 Å².